The normalized spacial score (nSPS) is 12.8. The average molecular weight is 339 g/mol. The van der Waals surface area contributed by atoms with E-state index in [2.05, 4.69) is 85.5 Å². The topological polar surface area (TPSA) is 19.0 Å². The van der Waals surface area contributed by atoms with E-state index in [1.165, 1.54) is 27.7 Å². The summed E-state index contributed by atoms with van der Waals surface area (Å²) in [6.07, 6.45) is 1.07. The highest BCUT2D eigenvalue weighted by atomic mass is 32.2. The minimum atomic E-state index is 0.362. The highest BCUT2D eigenvalue weighted by molar-refractivity contribution is 7.99. The third-order valence-corrected chi connectivity index (χ3v) is 5.53. The molecule has 2 nitrogen and oxygen atoms in total. The summed E-state index contributed by atoms with van der Waals surface area (Å²) in [6.45, 7) is 3.30. The number of aromatic nitrogens is 1. The molecular weight excluding hydrogens is 312 g/mol. The number of nitrogens with one attached hydrogen (secondary N) is 1. The molecule has 1 aromatic heterocycles. The van der Waals surface area contributed by atoms with E-state index in [1.807, 2.05) is 11.8 Å². The summed E-state index contributed by atoms with van der Waals surface area (Å²) in [5, 5.41) is 1.73. The van der Waals surface area contributed by atoms with Gasteiger partial charge in [-0.05, 0) is 43.5 Å². The lowest BCUT2D eigenvalue weighted by atomic mass is 10.0. The van der Waals surface area contributed by atoms with Crippen molar-refractivity contribution >= 4 is 22.7 Å². The number of aromatic amines is 1. The van der Waals surface area contributed by atoms with Crippen LogP contribution in [0, 0.1) is 0 Å². The number of benzene rings is 2. The highest BCUT2D eigenvalue weighted by Crippen LogP contribution is 2.39. The van der Waals surface area contributed by atoms with Gasteiger partial charge in [0.25, 0.3) is 0 Å². The highest BCUT2D eigenvalue weighted by Gasteiger charge is 2.21. The van der Waals surface area contributed by atoms with Crippen LogP contribution >= 0.6 is 11.8 Å². The number of rotatable bonds is 7. The van der Waals surface area contributed by atoms with Crippen LogP contribution < -0.4 is 0 Å². The number of nitrogens with zero attached hydrogens (tertiary/aromatic N) is 1. The summed E-state index contributed by atoms with van der Waals surface area (Å²) in [4.78, 5) is 5.99. The quantitative estimate of drug-likeness (QED) is 0.645. The SMILES string of the molecule is CCS[C@@H](c1ccccc1)c1[nH]c2ccccc2c1CCN(C)C. The summed E-state index contributed by atoms with van der Waals surface area (Å²) >= 11 is 2.00. The third kappa shape index (κ3) is 3.68. The maximum absolute atomic E-state index is 3.73. The van der Waals surface area contributed by atoms with Crippen LogP contribution in [0.25, 0.3) is 10.9 Å². The first kappa shape index (κ1) is 17.1. The first-order valence-corrected chi connectivity index (χ1v) is 9.66. The van der Waals surface area contributed by atoms with Crippen LogP contribution in [0.5, 0.6) is 0 Å². The number of fused-ring (bicyclic) bond motifs is 1. The molecule has 126 valence electrons. The fourth-order valence-electron chi connectivity index (χ4n) is 3.19. The van der Waals surface area contributed by atoms with Crippen molar-refractivity contribution in [3.63, 3.8) is 0 Å². The molecule has 0 aliphatic carbocycles. The summed E-state index contributed by atoms with van der Waals surface area (Å²) in [5.74, 6) is 1.10. The molecule has 1 N–H and O–H groups in total. The molecule has 0 spiro atoms. The molecule has 0 fully saturated rings. The summed E-state index contributed by atoms with van der Waals surface area (Å²) in [7, 11) is 4.29. The second-order valence-electron chi connectivity index (χ2n) is 6.36. The van der Waals surface area contributed by atoms with Crippen LogP contribution in [-0.4, -0.2) is 36.3 Å². The Morgan fingerprint density at radius 1 is 1.00 bits per heavy atom. The molecule has 0 amide bonds. The van der Waals surface area contributed by atoms with Gasteiger partial charge in [0.2, 0.25) is 0 Å². The Kier molecular flexibility index (Phi) is 5.64. The molecule has 1 heterocycles. The van der Waals surface area contributed by atoms with Crippen molar-refractivity contribution in [3.8, 4) is 0 Å². The molecule has 2 aromatic carbocycles. The fourth-order valence-corrected chi connectivity index (χ4v) is 4.24. The van der Waals surface area contributed by atoms with Crippen molar-refractivity contribution < 1.29 is 0 Å². The minimum Gasteiger partial charge on any atom is -0.357 e. The van der Waals surface area contributed by atoms with E-state index in [9.17, 15) is 0 Å². The lowest BCUT2D eigenvalue weighted by molar-refractivity contribution is 0.413. The van der Waals surface area contributed by atoms with Gasteiger partial charge in [-0.15, -0.1) is 11.8 Å². The Morgan fingerprint density at radius 2 is 1.71 bits per heavy atom. The molecule has 0 saturated carbocycles. The maximum Gasteiger partial charge on any atom is 0.0700 e. The zero-order valence-corrected chi connectivity index (χ0v) is 15.6. The van der Waals surface area contributed by atoms with Crippen LogP contribution in [0.2, 0.25) is 0 Å². The molecule has 3 rings (SSSR count). The van der Waals surface area contributed by atoms with Crippen LogP contribution in [-0.2, 0) is 6.42 Å². The zero-order chi connectivity index (χ0) is 16.9. The zero-order valence-electron chi connectivity index (χ0n) is 14.8. The van der Waals surface area contributed by atoms with Crippen molar-refractivity contribution in [1.29, 1.82) is 0 Å². The predicted octanol–water partition coefficient (Wildman–Crippen LogP) is 5.11. The number of likely N-dealkylation sites (N-methyl/N-ethyl adjacent to an activating group) is 1. The van der Waals surface area contributed by atoms with Crippen LogP contribution in [0.3, 0.4) is 0 Å². The molecule has 0 unspecified atom stereocenters. The third-order valence-electron chi connectivity index (χ3n) is 4.35. The Bertz CT molecular complexity index is 777. The van der Waals surface area contributed by atoms with E-state index in [-0.39, 0.29) is 0 Å². The van der Waals surface area contributed by atoms with Gasteiger partial charge < -0.3 is 9.88 Å². The van der Waals surface area contributed by atoms with Crippen molar-refractivity contribution in [1.82, 2.24) is 9.88 Å². The molecule has 24 heavy (non-hydrogen) atoms. The summed E-state index contributed by atoms with van der Waals surface area (Å²) in [6, 6.07) is 19.6. The smallest absolute Gasteiger partial charge is 0.0700 e. The van der Waals surface area contributed by atoms with Gasteiger partial charge in [-0.2, -0.15) is 0 Å². The van der Waals surface area contributed by atoms with Gasteiger partial charge in [0, 0.05) is 23.1 Å². The van der Waals surface area contributed by atoms with Crippen molar-refractivity contribution in [3.05, 3.63) is 71.4 Å². The van der Waals surface area contributed by atoms with Gasteiger partial charge in [0.05, 0.1) is 5.25 Å². The lowest BCUT2D eigenvalue weighted by Crippen LogP contribution is -2.16. The van der Waals surface area contributed by atoms with Gasteiger partial charge in [-0.1, -0.05) is 55.5 Å². The monoisotopic (exact) mass is 338 g/mol. The molecule has 0 aliphatic rings. The maximum atomic E-state index is 3.73. The van der Waals surface area contributed by atoms with Crippen LogP contribution in [0.4, 0.5) is 0 Å². The van der Waals surface area contributed by atoms with Gasteiger partial charge in [0.15, 0.2) is 0 Å². The Balaban J connectivity index is 2.09. The molecular formula is C21H26N2S. The number of hydrogen-bond acceptors (Lipinski definition) is 2. The first-order chi connectivity index (χ1) is 11.7. The molecule has 0 aliphatic heterocycles. The van der Waals surface area contributed by atoms with E-state index in [1.54, 1.807) is 0 Å². The number of hydrogen-bond donors (Lipinski definition) is 1. The van der Waals surface area contributed by atoms with E-state index in [4.69, 9.17) is 0 Å². The van der Waals surface area contributed by atoms with Gasteiger partial charge >= 0.3 is 0 Å². The Labute approximate surface area is 149 Å². The molecule has 0 saturated heterocycles. The van der Waals surface area contributed by atoms with Crippen LogP contribution in [0.1, 0.15) is 29.0 Å². The second-order valence-corrected chi connectivity index (χ2v) is 7.74. The van der Waals surface area contributed by atoms with E-state index in [0.717, 1.165) is 18.7 Å². The number of thioether (sulfide) groups is 1. The standard InChI is InChI=1S/C21H26N2S/c1-4-24-21(16-10-6-5-7-11-16)20-18(14-15-23(2)3)17-12-8-9-13-19(17)22-20/h5-13,21-22H,4,14-15H2,1-3H3/t21-/m0/s1. The number of para-hydroxylation sites is 1. The van der Waals surface area contributed by atoms with Crippen molar-refractivity contribution in [2.24, 2.45) is 0 Å². The van der Waals surface area contributed by atoms with Gasteiger partial charge in [0.1, 0.15) is 0 Å². The first-order valence-electron chi connectivity index (χ1n) is 8.61. The fraction of sp³-hybridized carbons (Fsp3) is 0.333. The Morgan fingerprint density at radius 3 is 2.42 bits per heavy atom. The van der Waals surface area contributed by atoms with E-state index >= 15 is 0 Å². The van der Waals surface area contributed by atoms with E-state index in [0.29, 0.717) is 5.25 Å². The lowest BCUT2D eigenvalue weighted by Gasteiger charge is -2.18. The predicted molar refractivity (Wildman–Crippen MR) is 107 cm³/mol. The molecule has 3 heteroatoms. The molecule has 3 aromatic rings. The van der Waals surface area contributed by atoms with E-state index < -0.39 is 0 Å². The molecule has 0 bridgehead atoms. The van der Waals surface area contributed by atoms with Gasteiger partial charge in [-0.25, -0.2) is 0 Å². The summed E-state index contributed by atoms with van der Waals surface area (Å²) in [5.41, 5.74) is 5.46. The van der Waals surface area contributed by atoms with Crippen molar-refractivity contribution in [2.45, 2.75) is 18.6 Å². The average Bonchev–Trinajstić information content (AvgIpc) is 2.97. The van der Waals surface area contributed by atoms with Crippen molar-refractivity contribution in [2.75, 3.05) is 26.4 Å². The Hall–Kier alpha value is -1.71. The second kappa shape index (κ2) is 7.91. The minimum absolute atomic E-state index is 0.362. The van der Waals surface area contributed by atoms with Crippen LogP contribution in [0.15, 0.2) is 54.6 Å². The largest absolute Gasteiger partial charge is 0.357 e. The molecule has 0 radical (unpaired) electrons. The van der Waals surface area contributed by atoms with Gasteiger partial charge in [-0.3, -0.25) is 0 Å². The number of H-pyrrole nitrogens is 1. The molecule has 1 atom stereocenters. The summed E-state index contributed by atoms with van der Waals surface area (Å²) < 4.78 is 0.